The Morgan fingerprint density at radius 2 is 1.48 bits per heavy atom. The van der Waals surface area contributed by atoms with Gasteiger partial charge in [-0.15, -0.1) is 0 Å². The zero-order valence-corrected chi connectivity index (χ0v) is 25.1. The van der Waals surface area contributed by atoms with E-state index in [0.29, 0.717) is 0 Å². The molecule has 3 aliphatic heterocycles. The smallest absolute Gasteiger partial charge is 0.318 e. The van der Waals surface area contributed by atoms with Crippen molar-refractivity contribution in [3.8, 4) is 28.6 Å². The van der Waals surface area contributed by atoms with Crippen LogP contribution in [0.2, 0.25) is 0 Å². The average Bonchev–Trinajstić information content (AvgIpc) is 3.73. The van der Waals surface area contributed by atoms with Gasteiger partial charge in [-0.1, -0.05) is 36.4 Å². The fraction of sp³-hybridized carbons (Fsp3) is 0.0750. The van der Waals surface area contributed by atoms with Crippen LogP contribution in [0.25, 0.3) is 66.2 Å². The molecule has 8 heterocycles. The number of hydrogen-bond acceptors (Lipinski definition) is 2. The summed E-state index contributed by atoms with van der Waals surface area (Å²) in [6.45, 7) is 4.44. The molecule has 4 aromatic carbocycles. The van der Waals surface area contributed by atoms with Gasteiger partial charge in [0.25, 0.3) is 11.5 Å². The lowest BCUT2D eigenvalue weighted by Crippen LogP contribution is -2.75. The van der Waals surface area contributed by atoms with Crippen molar-refractivity contribution in [2.75, 3.05) is 0 Å². The van der Waals surface area contributed by atoms with E-state index in [1.807, 2.05) is 12.4 Å². The molecule has 1 atom stereocenters. The lowest BCUT2D eigenvalue weighted by molar-refractivity contribution is -0.956. The van der Waals surface area contributed by atoms with Gasteiger partial charge in [0.2, 0.25) is 0 Å². The van der Waals surface area contributed by atoms with Gasteiger partial charge in [-0.25, -0.2) is 0 Å². The first-order valence-corrected chi connectivity index (χ1v) is 15.8. The largest absolute Gasteiger partial charge is 0.456 e. The summed E-state index contributed by atoms with van der Waals surface area (Å²) in [6, 6.07) is 32.9. The third kappa shape index (κ3) is 2.28. The van der Waals surface area contributed by atoms with E-state index in [1.165, 1.54) is 71.5 Å². The molecule has 6 heteroatoms. The summed E-state index contributed by atoms with van der Waals surface area (Å²) in [7, 11) is 0. The molecule has 0 amide bonds. The number of fused-ring (bicyclic) bond motifs is 8. The first kappa shape index (κ1) is 23.4. The second kappa shape index (κ2) is 7.44. The van der Waals surface area contributed by atoms with Crippen molar-refractivity contribution in [3.63, 3.8) is 0 Å². The minimum absolute atomic E-state index is 0.712. The van der Waals surface area contributed by atoms with Crippen LogP contribution in [0.5, 0.6) is 11.5 Å². The molecule has 0 bridgehead atoms. The van der Waals surface area contributed by atoms with Crippen LogP contribution in [0.1, 0.15) is 22.3 Å². The van der Waals surface area contributed by atoms with E-state index in [-0.39, 0.29) is 0 Å². The Balaban J connectivity index is 1.41. The first-order valence-electron chi connectivity index (χ1n) is 15.8. The highest BCUT2D eigenvalue weighted by atomic mass is 16.5. The predicted octanol–water partition coefficient (Wildman–Crippen LogP) is 7.63. The highest BCUT2D eigenvalue weighted by Gasteiger charge is 2.65. The van der Waals surface area contributed by atoms with E-state index < -0.39 is 5.66 Å². The van der Waals surface area contributed by atoms with E-state index in [4.69, 9.17) is 4.74 Å². The second-order valence-electron chi connectivity index (χ2n) is 13.0. The summed E-state index contributed by atoms with van der Waals surface area (Å²) in [5.41, 5.74) is 11.2. The number of pyridine rings is 3. The number of aromatic nitrogens is 5. The molecular formula is C40H25N5O+2. The van der Waals surface area contributed by atoms with Crippen LogP contribution in [0.15, 0.2) is 116 Å². The van der Waals surface area contributed by atoms with Gasteiger partial charge in [-0.05, 0) is 73.5 Å². The van der Waals surface area contributed by atoms with Crippen LogP contribution in [0, 0.1) is 13.8 Å². The molecular weight excluding hydrogens is 566 g/mol. The molecule has 0 saturated carbocycles. The van der Waals surface area contributed by atoms with E-state index >= 15 is 0 Å². The fourth-order valence-electron chi connectivity index (χ4n) is 9.27. The summed E-state index contributed by atoms with van der Waals surface area (Å²) < 4.78 is 16.9. The maximum absolute atomic E-state index is 6.94. The molecule has 46 heavy (non-hydrogen) atoms. The first-order chi connectivity index (χ1) is 22.7. The molecule has 0 N–H and O–H groups in total. The van der Waals surface area contributed by atoms with Gasteiger partial charge in [-0.2, -0.15) is 18.1 Å². The summed E-state index contributed by atoms with van der Waals surface area (Å²) in [4.78, 5) is 4.67. The Morgan fingerprint density at radius 1 is 0.696 bits per heavy atom. The van der Waals surface area contributed by atoms with Gasteiger partial charge in [-0.3, -0.25) is 4.98 Å². The van der Waals surface area contributed by atoms with Crippen molar-refractivity contribution in [1.82, 2.24) is 14.0 Å². The van der Waals surface area contributed by atoms with Crippen molar-refractivity contribution in [3.05, 3.63) is 138 Å². The van der Waals surface area contributed by atoms with Crippen LogP contribution < -0.4 is 13.9 Å². The minimum atomic E-state index is -0.712. The maximum Gasteiger partial charge on any atom is 0.318 e. The number of para-hydroxylation sites is 1. The molecule has 0 radical (unpaired) electrons. The van der Waals surface area contributed by atoms with Gasteiger partial charge < -0.3 is 4.74 Å². The van der Waals surface area contributed by atoms with Crippen LogP contribution in [0.3, 0.4) is 0 Å². The van der Waals surface area contributed by atoms with Crippen molar-refractivity contribution in [1.29, 1.82) is 0 Å². The van der Waals surface area contributed by atoms with Gasteiger partial charge in [0.1, 0.15) is 34.3 Å². The molecule has 5 aromatic heterocycles. The van der Waals surface area contributed by atoms with Gasteiger partial charge in [0.15, 0.2) is 16.7 Å². The zero-order chi connectivity index (χ0) is 30.1. The Kier molecular flexibility index (Phi) is 3.78. The number of aryl methyl sites for hydroxylation is 2. The number of ether oxygens (including phenoxy) is 1. The molecule has 0 fully saturated rings. The standard InChI is InChI=1S/C40H25N5O/c1-22-8-7-9-23(2)34(22)30-21-43-39-35-26(25-17-18-41-20-29(25)44(30)39)13-15-31-36(35)40(43)37-32(46-31)16-14-27-24-10-3-4-11-28(24)45(38(27)37)33-12-5-6-19-42(33)40/h3-21H,1-2H3/q+2. The molecule has 9 aromatic rings. The summed E-state index contributed by atoms with van der Waals surface area (Å²) in [6.07, 6.45) is 8.59. The molecule has 3 aliphatic rings. The molecule has 0 aliphatic carbocycles. The van der Waals surface area contributed by atoms with Crippen LogP contribution in [0.4, 0.5) is 0 Å². The number of benzene rings is 4. The van der Waals surface area contributed by atoms with E-state index in [2.05, 4.69) is 140 Å². The topological polar surface area (TPSA) is 39.2 Å². The van der Waals surface area contributed by atoms with Crippen molar-refractivity contribution >= 4 is 49.1 Å². The maximum atomic E-state index is 6.94. The average molecular weight is 592 g/mol. The molecule has 1 unspecified atom stereocenters. The van der Waals surface area contributed by atoms with Crippen molar-refractivity contribution < 1.29 is 13.9 Å². The lowest BCUT2D eigenvalue weighted by Gasteiger charge is -2.36. The van der Waals surface area contributed by atoms with Crippen molar-refractivity contribution in [2.45, 2.75) is 19.5 Å². The summed E-state index contributed by atoms with van der Waals surface area (Å²) >= 11 is 0. The number of rotatable bonds is 1. The number of hydrogen-bond donors (Lipinski definition) is 0. The Labute approximate surface area is 262 Å². The second-order valence-corrected chi connectivity index (χ2v) is 13.0. The zero-order valence-electron chi connectivity index (χ0n) is 25.1. The van der Waals surface area contributed by atoms with E-state index in [1.54, 1.807) is 0 Å². The van der Waals surface area contributed by atoms with E-state index in [0.717, 1.165) is 28.5 Å². The van der Waals surface area contributed by atoms with Crippen LogP contribution in [-0.2, 0) is 5.66 Å². The minimum Gasteiger partial charge on any atom is -0.456 e. The third-order valence-electron chi connectivity index (χ3n) is 10.9. The van der Waals surface area contributed by atoms with Gasteiger partial charge in [0.05, 0.1) is 17.8 Å². The molecule has 1 spiro atoms. The normalized spacial score (nSPS) is 16.7. The van der Waals surface area contributed by atoms with Gasteiger partial charge >= 0.3 is 5.66 Å². The van der Waals surface area contributed by atoms with Crippen molar-refractivity contribution in [2.24, 2.45) is 0 Å². The van der Waals surface area contributed by atoms with Crippen LogP contribution in [-0.4, -0.2) is 14.0 Å². The summed E-state index contributed by atoms with van der Waals surface area (Å²) in [5, 5.41) is 6.10. The summed E-state index contributed by atoms with van der Waals surface area (Å²) in [5.74, 6) is 2.92. The highest BCUT2D eigenvalue weighted by Crippen LogP contribution is 2.57. The lowest BCUT2D eigenvalue weighted by atomic mass is 9.83. The third-order valence-corrected chi connectivity index (χ3v) is 10.9. The monoisotopic (exact) mass is 591 g/mol. The molecule has 6 nitrogen and oxygen atoms in total. The van der Waals surface area contributed by atoms with Gasteiger partial charge in [0, 0.05) is 39.4 Å². The van der Waals surface area contributed by atoms with E-state index in [9.17, 15) is 0 Å². The molecule has 0 saturated heterocycles. The Bertz CT molecular complexity index is 2910. The predicted molar refractivity (Wildman–Crippen MR) is 178 cm³/mol. The Morgan fingerprint density at radius 3 is 2.37 bits per heavy atom. The number of nitrogens with zero attached hydrogens (tertiary/aromatic N) is 5. The number of imidazole rings is 1. The quantitative estimate of drug-likeness (QED) is 0.146. The molecule has 12 rings (SSSR count). The SMILES string of the molecule is Cc1cccc(C)c1-c1c[n+]2c3c4c5c(ccc4c4ccncc4n13)Oc1ccc3c4ccccc4n4c3c1C52[n+]1ccccc1-4. The highest BCUT2D eigenvalue weighted by molar-refractivity contribution is 6.16. The molecule has 214 valence electrons. The van der Waals surface area contributed by atoms with Crippen LogP contribution >= 0.6 is 0 Å². The fourth-order valence-corrected chi connectivity index (χ4v) is 9.27. The Hall–Kier alpha value is -6.01.